The zero-order valence-corrected chi connectivity index (χ0v) is 13.0. The second kappa shape index (κ2) is 6.07. The predicted octanol–water partition coefficient (Wildman–Crippen LogP) is 2.99. The van der Waals surface area contributed by atoms with Gasteiger partial charge in [0.2, 0.25) is 5.91 Å². The first-order valence-electron chi connectivity index (χ1n) is 6.71. The quantitative estimate of drug-likeness (QED) is 0.800. The van der Waals surface area contributed by atoms with Crippen LogP contribution in [0.5, 0.6) is 0 Å². The predicted molar refractivity (Wildman–Crippen MR) is 83.7 cm³/mol. The maximum atomic E-state index is 12.1. The van der Waals surface area contributed by atoms with E-state index < -0.39 is 0 Å². The third-order valence-corrected chi connectivity index (χ3v) is 4.00. The van der Waals surface area contributed by atoms with Gasteiger partial charge in [0, 0.05) is 28.9 Å². The highest BCUT2D eigenvalue weighted by molar-refractivity contribution is 7.14. The van der Waals surface area contributed by atoms with Crippen molar-refractivity contribution in [2.24, 2.45) is 0 Å². The summed E-state index contributed by atoms with van der Waals surface area (Å²) >= 11 is 1.39. The lowest BCUT2D eigenvalue weighted by Crippen LogP contribution is -2.15. The third-order valence-electron chi connectivity index (χ3n) is 3.25. The van der Waals surface area contributed by atoms with E-state index in [1.807, 2.05) is 24.4 Å². The number of thiazole rings is 1. The van der Waals surface area contributed by atoms with E-state index in [-0.39, 0.29) is 12.3 Å². The molecule has 0 saturated heterocycles. The SMILES string of the molecule is Cc1noc(C)c1CC(=O)Nc1nc(-c2ccncc2)cs1. The Balaban J connectivity index is 1.69. The molecule has 6 nitrogen and oxygen atoms in total. The zero-order chi connectivity index (χ0) is 15.5. The highest BCUT2D eigenvalue weighted by atomic mass is 32.1. The molecule has 0 aromatic carbocycles. The van der Waals surface area contributed by atoms with Gasteiger partial charge < -0.3 is 9.84 Å². The fraction of sp³-hybridized carbons (Fsp3) is 0.200. The number of rotatable bonds is 4. The second-order valence-corrected chi connectivity index (χ2v) is 5.66. The molecule has 0 fully saturated rings. The van der Waals surface area contributed by atoms with Crippen LogP contribution in [0.2, 0.25) is 0 Å². The molecule has 0 saturated carbocycles. The van der Waals surface area contributed by atoms with Gasteiger partial charge in [-0.1, -0.05) is 5.16 Å². The molecule has 3 aromatic rings. The summed E-state index contributed by atoms with van der Waals surface area (Å²) in [5.41, 5.74) is 3.35. The minimum atomic E-state index is -0.134. The Kier molecular flexibility index (Phi) is 3.97. The molecule has 0 bridgehead atoms. The minimum Gasteiger partial charge on any atom is -0.361 e. The van der Waals surface area contributed by atoms with Gasteiger partial charge in [-0.05, 0) is 26.0 Å². The number of hydrogen-bond acceptors (Lipinski definition) is 6. The van der Waals surface area contributed by atoms with Gasteiger partial charge >= 0.3 is 0 Å². The number of carbonyl (C=O) groups is 1. The molecule has 3 aromatic heterocycles. The Morgan fingerprint density at radius 2 is 2.09 bits per heavy atom. The van der Waals surface area contributed by atoms with Crippen LogP contribution in [0.4, 0.5) is 5.13 Å². The van der Waals surface area contributed by atoms with Gasteiger partial charge in [0.25, 0.3) is 0 Å². The Morgan fingerprint density at radius 3 is 2.77 bits per heavy atom. The van der Waals surface area contributed by atoms with Crippen LogP contribution in [0.1, 0.15) is 17.0 Å². The van der Waals surface area contributed by atoms with E-state index in [1.54, 1.807) is 19.3 Å². The molecular weight excluding hydrogens is 300 g/mol. The molecule has 112 valence electrons. The van der Waals surface area contributed by atoms with Crippen LogP contribution in [-0.4, -0.2) is 21.0 Å². The first-order chi connectivity index (χ1) is 10.6. The minimum absolute atomic E-state index is 0.134. The maximum absolute atomic E-state index is 12.1. The van der Waals surface area contributed by atoms with Crippen molar-refractivity contribution in [1.29, 1.82) is 0 Å². The zero-order valence-electron chi connectivity index (χ0n) is 12.2. The number of nitrogens with zero attached hydrogens (tertiary/aromatic N) is 3. The highest BCUT2D eigenvalue weighted by Crippen LogP contribution is 2.24. The summed E-state index contributed by atoms with van der Waals surface area (Å²) in [7, 11) is 0. The number of amides is 1. The molecule has 0 aliphatic carbocycles. The van der Waals surface area contributed by atoms with Crippen LogP contribution in [0.25, 0.3) is 11.3 Å². The van der Waals surface area contributed by atoms with E-state index in [2.05, 4.69) is 20.4 Å². The average molecular weight is 314 g/mol. The molecule has 1 amide bonds. The Labute approximate surface area is 131 Å². The van der Waals surface area contributed by atoms with E-state index in [1.165, 1.54) is 11.3 Å². The second-order valence-electron chi connectivity index (χ2n) is 4.80. The Morgan fingerprint density at radius 1 is 1.32 bits per heavy atom. The number of hydrogen-bond donors (Lipinski definition) is 1. The summed E-state index contributed by atoms with van der Waals surface area (Å²) in [6.45, 7) is 3.62. The van der Waals surface area contributed by atoms with E-state index >= 15 is 0 Å². The summed E-state index contributed by atoms with van der Waals surface area (Å²) in [5.74, 6) is 0.536. The topological polar surface area (TPSA) is 80.9 Å². The average Bonchev–Trinajstić information content (AvgIpc) is 3.10. The van der Waals surface area contributed by atoms with Gasteiger partial charge in [-0.2, -0.15) is 0 Å². The molecule has 22 heavy (non-hydrogen) atoms. The van der Waals surface area contributed by atoms with Crippen molar-refractivity contribution >= 4 is 22.4 Å². The summed E-state index contributed by atoms with van der Waals surface area (Å²) in [5, 5.41) is 9.13. The maximum Gasteiger partial charge on any atom is 0.230 e. The third kappa shape index (κ3) is 3.04. The number of carbonyl (C=O) groups excluding carboxylic acids is 1. The molecule has 7 heteroatoms. The number of anilines is 1. The van der Waals surface area contributed by atoms with Gasteiger partial charge in [0.05, 0.1) is 17.8 Å². The number of pyridine rings is 1. The molecule has 3 rings (SSSR count). The molecule has 0 aliphatic rings. The standard InChI is InChI=1S/C15H14N4O2S/c1-9-12(10(2)21-19-9)7-14(20)18-15-17-13(8-22-15)11-3-5-16-6-4-11/h3-6,8H,7H2,1-2H3,(H,17,18,20). The normalized spacial score (nSPS) is 10.6. The van der Waals surface area contributed by atoms with Crippen molar-refractivity contribution in [2.75, 3.05) is 5.32 Å². The van der Waals surface area contributed by atoms with Gasteiger partial charge in [-0.3, -0.25) is 9.78 Å². The van der Waals surface area contributed by atoms with Crippen molar-refractivity contribution in [3.8, 4) is 11.3 Å². The smallest absolute Gasteiger partial charge is 0.230 e. The van der Waals surface area contributed by atoms with E-state index in [0.29, 0.717) is 10.9 Å². The highest BCUT2D eigenvalue weighted by Gasteiger charge is 2.14. The lowest BCUT2D eigenvalue weighted by molar-refractivity contribution is -0.115. The molecule has 0 atom stereocenters. The van der Waals surface area contributed by atoms with Crippen LogP contribution in [-0.2, 0) is 11.2 Å². The first kappa shape index (κ1) is 14.4. The summed E-state index contributed by atoms with van der Waals surface area (Å²) < 4.78 is 5.06. The van der Waals surface area contributed by atoms with Gasteiger partial charge in [-0.25, -0.2) is 4.98 Å². The molecule has 0 radical (unpaired) electrons. The Bertz CT molecular complexity index is 775. The van der Waals surface area contributed by atoms with Crippen molar-refractivity contribution in [2.45, 2.75) is 20.3 Å². The van der Waals surface area contributed by atoms with Crippen molar-refractivity contribution in [3.63, 3.8) is 0 Å². The fourth-order valence-corrected chi connectivity index (χ4v) is 2.80. The van der Waals surface area contributed by atoms with E-state index in [4.69, 9.17) is 4.52 Å². The first-order valence-corrected chi connectivity index (χ1v) is 7.59. The van der Waals surface area contributed by atoms with Crippen LogP contribution in [0.3, 0.4) is 0 Å². The monoisotopic (exact) mass is 314 g/mol. The fourth-order valence-electron chi connectivity index (χ4n) is 2.06. The Hall–Kier alpha value is -2.54. The summed E-state index contributed by atoms with van der Waals surface area (Å²) in [4.78, 5) is 20.5. The summed E-state index contributed by atoms with van der Waals surface area (Å²) in [6.07, 6.45) is 3.65. The molecule has 0 unspecified atom stereocenters. The largest absolute Gasteiger partial charge is 0.361 e. The molecular formula is C15H14N4O2S. The number of nitrogens with one attached hydrogen (secondary N) is 1. The van der Waals surface area contributed by atoms with E-state index in [9.17, 15) is 4.79 Å². The number of aromatic nitrogens is 3. The lowest BCUT2D eigenvalue weighted by Gasteiger charge is -2.01. The molecule has 3 heterocycles. The van der Waals surface area contributed by atoms with E-state index in [0.717, 1.165) is 22.5 Å². The van der Waals surface area contributed by atoms with Crippen molar-refractivity contribution < 1.29 is 9.32 Å². The van der Waals surface area contributed by atoms with Gasteiger partial charge in [-0.15, -0.1) is 11.3 Å². The van der Waals surface area contributed by atoms with Gasteiger partial charge in [0.15, 0.2) is 5.13 Å². The lowest BCUT2D eigenvalue weighted by atomic mass is 10.1. The van der Waals surface area contributed by atoms with Crippen LogP contribution < -0.4 is 5.32 Å². The summed E-state index contributed by atoms with van der Waals surface area (Å²) in [6, 6.07) is 3.76. The van der Waals surface area contributed by atoms with Crippen LogP contribution in [0.15, 0.2) is 34.4 Å². The van der Waals surface area contributed by atoms with Crippen LogP contribution in [0, 0.1) is 13.8 Å². The van der Waals surface area contributed by atoms with Crippen LogP contribution >= 0.6 is 11.3 Å². The van der Waals surface area contributed by atoms with Gasteiger partial charge in [0.1, 0.15) is 5.76 Å². The number of aryl methyl sites for hydroxylation is 2. The molecule has 0 aliphatic heterocycles. The van der Waals surface area contributed by atoms with Crippen molar-refractivity contribution in [1.82, 2.24) is 15.1 Å². The molecule has 1 N–H and O–H groups in total. The molecule has 0 spiro atoms. The van der Waals surface area contributed by atoms with Crippen molar-refractivity contribution in [3.05, 3.63) is 46.9 Å².